The number of rotatable bonds is 0. The van der Waals surface area contributed by atoms with E-state index in [0.29, 0.717) is 27.3 Å². The van der Waals surface area contributed by atoms with E-state index >= 15 is 0 Å². The van der Waals surface area contributed by atoms with Crippen molar-refractivity contribution in [3.63, 3.8) is 0 Å². The Kier molecular flexibility index (Phi) is 3.74. The van der Waals surface area contributed by atoms with E-state index in [2.05, 4.69) is 43.6 Å². The summed E-state index contributed by atoms with van der Waals surface area (Å²) in [5.74, 6) is 1.75. The van der Waals surface area contributed by atoms with E-state index in [1.807, 2.05) is 0 Å². The maximum absolute atomic E-state index is 10.2. The summed E-state index contributed by atoms with van der Waals surface area (Å²) in [5.41, 5.74) is 2.27. The fourth-order valence-corrected chi connectivity index (χ4v) is 6.30. The van der Waals surface area contributed by atoms with Crippen LogP contribution in [0.4, 0.5) is 0 Å². The zero-order valence-corrected chi connectivity index (χ0v) is 17.0. The van der Waals surface area contributed by atoms with Crippen molar-refractivity contribution in [1.29, 1.82) is 0 Å². The molecule has 1 heterocycles. The minimum Gasteiger partial charge on any atom is -0.504 e. The molecule has 0 spiro atoms. The number of fused-ring (bicyclic) bond motifs is 5. The Morgan fingerprint density at radius 3 is 2.60 bits per heavy atom. The Morgan fingerprint density at radius 2 is 1.88 bits per heavy atom. The van der Waals surface area contributed by atoms with Crippen LogP contribution in [0.2, 0.25) is 0 Å². The van der Waals surface area contributed by atoms with Crippen LogP contribution in [-0.2, 0) is 5.41 Å². The van der Waals surface area contributed by atoms with Gasteiger partial charge in [0.15, 0.2) is 17.1 Å². The molecular formula is C21H27BrO3. The summed E-state index contributed by atoms with van der Waals surface area (Å²) >= 11 is 3.42. The molecule has 3 nitrogen and oxygen atoms in total. The molecule has 1 aromatic heterocycles. The second-order valence-electron chi connectivity index (χ2n) is 9.07. The molecule has 2 aromatic rings. The van der Waals surface area contributed by atoms with Crippen molar-refractivity contribution in [1.82, 2.24) is 0 Å². The lowest BCUT2D eigenvalue weighted by Crippen LogP contribution is -2.44. The van der Waals surface area contributed by atoms with E-state index in [0.717, 1.165) is 24.0 Å². The largest absolute Gasteiger partial charge is 0.504 e. The number of furan rings is 1. The molecule has 4 heteroatoms. The second-order valence-corrected chi connectivity index (χ2v) is 9.86. The molecule has 25 heavy (non-hydrogen) atoms. The molecule has 1 aromatic carbocycles. The van der Waals surface area contributed by atoms with Crippen LogP contribution in [-0.4, -0.2) is 10.2 Å². The Hall–Kier alpha value is -1.16. The van der Waals surface area contributed by atoms with Gasteiger partial charge >= 0.3 is 0 Å². The third kappa shape index (κ3) is 2.29. The number of hydrogen-bond donors (Lipinski definition) is 2. The highest BCUT2D eigenvalue weighted by Crippen LogP contribution is 2.60. The average molecular weight is 407 g/mol. The molecule has 1 saturated carbocycles. The summed E-state index contributed by atoms with van der Waals surface area (Å²) in [6.07, 6.45) is 5.95. The normalized spacial score (nSPS) is 31.4. The average Bonchev–Trinajstić information content (AvgIpc) is 2.86. The third-order valence-electron chi connectivity index (χ3n) is 7.04. The van der Waals surface area contributed by atoms with Gasteiger partial charge < -0.3 is 14.6 Å². The van der Waals surface area contributed by atoms with Crippen LogP contribution >= 0.6 is 15.9 Å². The van der Waals surface area contributed by atoms with Crippen molar-refractivity contribution in [3.8, 4) is 11.5 Å². The predicted octanol–water partition coefficient (Wildman–Crippen LogP) is 6.59. The summed E-state index contributed by atoms with van der Waals surface area (Å²) in [7, 11) is 0. The molecule has 2 aliphatic carbocycles. The molecule has 3 atom stereocenters. The van der Waals surface area contributed by atoms with E-state index in [1.165, 1.54) is 24.8 Å². The van der Waals surface area contributed by atoms with E-state index in [-0.39, 0.29) is 16.9 Å². The van der Waals surface area contributed by atoms with E-state index < -0.39 is 0 Å². The first-order valence-electron chi connectivity index (χ1n) is 9.34. The lowest BCUT2D eigenvalue weighted by atomic mass is 9.53. The van der Waals surface area contributed by atoms with Crippen molar-refractivity contribution in [2.45, 2.75) is 71.1 Å². The zero-order valence-electron chi connectivity index (χ0n) is 15.4. The minimum absolute atomic E-state index is 0.0376. The summed E-state index contributed by atoms with van der Waals surface area (Å²) in [6, 6.07) is 1.69. The summed E-state index contributed by atoms with van der Waals surface area (Å²) in [5, 5.41) is 21.3. The molecule has 0 radical (unpaired) electrons. The van der Waals surface area contributed by atoms with E-state index in [1.54, 1.807) is 6.07 Å². The molecule has 0 amide bonds. The van der Waals surface area contributed by atoms with Gasteiger partial charge in [0.2, 0.25) is 0 Å². The highest BCUT2D eigenvalue weighted by molar-refractivity contribution is 9.10. The van der Waals surface area contributed by atoms with Crippen molar-refractivity contribution >= 4 is 26.9 Å². The smallest absolute Gasteiger partial charge is 0.175 e. The molecule has 0 bridgehead atoms. The van der Waals surface area contributed by atoms with Gasteiger partial charge in [-0.05, 0) is 64.4 Å². The predicted molar refractivity (Wildman–Crippen MR) is 103 cm³/mol. The molecule has 0 aliphatic heterocycles. The maximum Gasteiger partial charge on any atom is 0.175 e. The first kappa shape index (κ1) is 17.3. The van der Waals surface area contributed by atoms with E-state index in [9.17, 15) is 10.2 Å². The van der Waals surface area contributed by atoms with Gasteiger partial charge in [0, 0.05) is 16.9 Å². The van der Waals surface area contributed by atoms with Crippen molar-refractivity contribution in [2.75, 3.05) is 0 Å². The lowest BCUT2D eigenvalue weighted by Gasteiger charge is -2.50. The molecule has 0 unspecified atom stereocenters. The highest BCUT2D eigenvalue weighted by atomic mass is 79.9. The van der Waals surface area contributed by atoms with Gasteiger partial charge in [-0.3, -0.25) is 0 Å². The first-order valence-corrected chi connectivity index (χ1v) is 10.1. The number of hydrogen-bond acceptors (Lipinski definition) is 3. The van der Waals surface area contributed by atoms with E-state index in [4.69, 9.17) is 4.42 Å². The fourth-order valence-electron chi connectivity index (χ4n) is 5.80. The minimum atomic E-state index is -0.144. The highest BCUT2D eigenvalue weighted by Gasteiger charge is 2.51. The summed E-state index contributed by atoms with van der Waals surface area (Å²) in [4.78, 5) is 0. The molecule has 2 N–H and O–H groups in total. The van der Waals surface area contributed by atoms with Gasteiger partial charge in [0.05, 0.1) is 0 Å². The Bertz CT molecular complexity index is 851. The summed E-state index contributed by atoms with van der Waals surface area (Å²) < 4.78 is 6.77. The lowest BCUT2D eigenvalue weighted by molar-refractivity contribution is 0.0504. The van der Waals surface area contributed by atoms with Gasteiger partial charge in [-0.2, -0.15) is 0 Å². The fraction of sp³-hybridized carbons (Fsp3) is 0.619. The van der Waals surface area contributed by atoms with Crippen LogP contribution in [0.5, 0.6) is 11.5 Å². The third-order valence-corrected chi connectivity index (χ3v) is 7.78. The number of aromatic hydroxyl groups is 2. The van der Waals surface area contributed by atoms with Gasteiger partial charge in [0.1, 0.15) is 10.2 Å². The van der Waals surface area contributed by atoms with Gasteiger partial charge in [0.25, 0.3) is 0 Å². The Balaban J connectivity index is 2.07. The molecule has 1 fully saturated rings. The van der Waals surface area contributed by atoms with Crippen molar-refractivity contribution in [3.05, 3.63) is 21.9 Å². The second kappa shape index (κ2) is 5.42. The Labute approximate surface area is 157 Å². The van der Waals surface area contributed by atoms with Crippen LogP contribution < -0.4 is 0 Å². The van der Waals surface area contributed by atoms with Crippen LogP contribution in [0.1, 0.15) is 77.0 Å². The molecule has 2 aliphatic rings. The topological polar surface area (TPSA) is 53.6 Å². The monoisotopic (exact) mass is 406 g/mol. The van der Waals surface area contributed by atoms with Crippen LogP contribution in [0.25, 0.3) is 11.0 Å². The number of halogens is 1. The summed E-state index contributed by atoms with van der Waals surface area (Å²) in [6.45, 7) is 9.45. The van der Waals surface area contributed by atoms with Crippen LogP contribution in [0, 0.1) is 11.3 Å². The SMILES string of the molecule is C[C@@H]1CC[C@H]2C(C)(C)CCC[C@]2(C)c2c1oc1c(Br)c(O)c(O)cc21. The molecule has 0 saturated heterocycles. The van der Waals surface area contributed by atoms with Gasteiger partial charge in [-0.15, -0.1) is 0 Å². The zero-order chi connectivity index (χ0) is 18.1. The molecule has 4 rings (SSSR count). The van der Waals surface area contributed by atoms with Crippen LogP contribution in [0.15, 0.2) is 15.0 Å². The molecular weight excluding hydrogens is 380 g/mol. The molecule has 136 valence electrons. The van der Waals surface area contributed by atoms with Crippen LogP contribution in [0.3, 0.4) is 0 Å². The standard InChI is InChI=1S/C21H27BrO3/c1-11-6-7-14-20(2,3)8-5-9-21(14,4)15-12-10-13(23)17(24)16(22)19(12)25-18(11)15/h10-11,14,23-24H,5-9H2,1-4H3/t11-,14+,21+/m1/s1. The maximum atomic E-state index is 10.2. The van der Waals surface area contributed by atoms with Gasteiger partial charge in [-0.25, -0.2) is 0 Å². The van der Waals surface area contributed by atoms with Crippen molar-refractivity contribution in [2.24, 2.45) is 11.3 Å². The Morgan fingerprint density at radius 1 is 1.16 bits per heavy atom. The number of benzene rings is 1. The number of phenols is 2. The van der Waals surface area contributed by atoms with Crippen molar-refractivity contribution < 1.29 is 14.6 Å². The first-order chi connectivity index (χ1) is 11.7. The number of phenolic OH excluding ortho intramolecular Hbond substituents is 2. The quantitative estimate of drug-likeness (QED) is 0.485. The van der Waals surface area contributed by atoms with Gasteiger partial charge in [-0.1, -0.05) is 34.1 Å².